The van der Waals surface area contributed by atoms with Crippen LogP contribution in [0.3, 0.4) is 0 Å². The molecule has 0 fully saturated rings. The highest BCUT2D eigenvalue weighted by Gasteiger charge is 2.27. The fourth-order valence-corrected chi connectivity index (χ4v) is 10.1. The van der Waals surface area contributed by atoms with Crippen LogP contribution in [0.25, 0.3) is 54.6 Å². The van der Waals surface area contributed by atoms with Gasteiger partial charge in [0.1, 0.15) is 31.8 Å². The number of fused-ring (bicyclic) bond motifs is 4. The summed E-state index contributed by atoms with van der Waals surface area (Å²) in [5.41, 5.74) is 8.30. The molecule has 62 heavy (non-hydrogen) atoms. The third kappa shape index (κ3) is 7.10. The fraction of sp³-hybridized carbons (Fsp3) is 0.217. The second-order valence-corrected chi connectivity index (χ2v) is 16.9. The summed E-state index contributed by atoms with van der Waals surface area (Å²) >= 11 is 2.42. The van der Waals surface area contributed by atoms with E-state index < -0.39 is 0 Å². The van der Waals surface area contributed by atoms with Crippen LogP contribution in [-0.2, 0) is 25.7 Å². The first-order chi connectivity index (χ1) is 30.3. The summed E-state index contributed by atoms with van der Waals surface area (Å²) in [4.78, 5) is 82.1. The van der Waals surface area contributed by atoms with Gasteiger partial charge in [0.15, 0.2) is 23.1 Å². The zero-order valence-electron chi connectivity index (χ0n) is 33.7. The first-order valence-electron chi connectivity index (χ1n) is 20.1. The first kappa shape index (κ1) is 39.1. The molecular formula is C46H38N8O6S2. The Morgan fingerprint density at radius 3 is 1.63 bits per heavy atom. The van der Waals surface area contributed by atoms with Gasteiger partial charge in [-0.2, -0.15) is 0 Å². The molecule has 0 radical (unpaired) electrons. The van der Waals surface area contributed by atoms with E-state index in [0.29, 0.717) is 112 Å². The number of nitrogens with zero attached hydrogens (tertiary/aromatic N) is 6. The Labute approximate surface area is 361 Å². The van der Waals surface area contributed by atoms with Crippen molar-refractivity contribution in [3.63, 3.8) is 0 Å². The maximum Gasteiger partial charge on any atom is 0.269 e. The number of amides is 2. The van der Waals surface area contributed by atoms with E-state index in [9.17, 15) is 19.2 Å². The van der Waals surface area contributed by atoms with Gasteiger partial charge in [0.05, 0.1) is 25.3 Å². The van der Waals surface area contributed by atoms with Gasteiger partial charge in [0, 0.05) is 54.9 Å². The number of hydrogen-bond acceptors (Lipinski definition) is 12. The van der Waals surface area contributed by atoms with Gasteiger partial charge in [-0.15, -0.1) is 22.7 Å². The molecular weight excluding hydrogens is 825 g/mol. The number of H-pyrrole nitrogens is 2. The molecule has 14 nitrogen and oxygen atoms in total. The SMILES string of the molecule is COc1cc2c(cc1OC)CCN(C(=O)c1csc3c(=O)[nH]c(-c4ccc(-c5ccc6c(c5)CCN(C(=O)c5csc7c(=O)[nH]c(-c8ccccn8)nc57)CC6)cn4)nc13)CC2. The number of benzene rings is 2. The summed E-state index contributed by atoms with van der Waals surface area (Å²) in [5.74, 6) is 1.59. The standard InChI is InChI=1S/C46H38N8O6S2/c1-59-35-20-28-12-17-54(18-13-29(28)21-36(35)60-2)46(58)32-24-62-40-38(32)50-42(52-44(40)56)34-9-8-30(22-48-34)26-7-6-25-10-15-53(16-11-27(25)19-26)45(57)31-23-61-39-37(31)49-41(51-43(39)55)33-5-3-4-14-47-33/h3-9,14,19-24H,10-13,15-18H2,1-2H3,(H,49,51,55)(H,50,52,56). The summed E-state index contributed by atoms with van der Waals surface area (Å²) in [6, 6.07) is 19.4. The lowest BCUT2D eigenvalue weighted by atomic mass is 9.97. The summed E-state index contributed by atoms with van der Waals surface area (Å²) < 4.78 is 11.8. The lowest BCUT2D eigenvalue weighted by molar-refractivity contribution is 0.0757. The zero-order valence-corrected chi connectivity index (χ0v) is 35.3. The highest BCUT2D eigenvalue weighted by Crippen LogP contribution is 2.34. The highest BCUT2D eigenvalue weighted by molar-refractivity contribution is 7.17. The Kier molecular flexibility index (Phi) is 10.2. The van der Waals surface area contributed by atoms with Crippen LogP contribution in [0.5, 0.6) is 11.5 Å². The van der Waals surface area contributed by atoms with Gasteiger partial charge in [0.25, 0.3) is 22.9 Å². The van der Waals surface area contributed by atoms with Gasteiger partial charge in [0.2, 0.25) is 0 Å². The van der Waals surface area contributed by atoms with Gasteiger partial charge in [-0.1, -0.05) is 30.3 Å². The number of carbonyl (C=O) groups excluding carboxylic acids is 2. The summed E-state index contributed by atoms with van der Waals surface area (Å²) in [6.45, 7) is 2.06. The average Bonchev–Trinajstić information content (AvgIpc) is 3.81. The van der Waals surface area contributed by atoms with Crippen molar-refractivity contribution in [3.8, 4) is 45.7 Å². The molecule has 0 spiro atoms. The Morgan fingerprint density at radius 1 is 0.613 bits per heavy atom. The minimum atomic E-state index is -0.327. The van der Waals surface area contributed by atoms with Crippen LogP contribution in [0.2, 0.25) is 0 Å². The first-order valence-corrected chi connectivity index (χ1v) is 21.9. The van der Waals surface area contributed by atoms with Gasteiger partial charge in [-0.3, -0.25) is 29.1 Å². The molecule has 0 saturated carbocycles. The molecule has 8 aromatic rings. The number of rotatable bonds is 7. The molecule has 2 amide bonds. The third-order valence-electron chi connectivity index (χ3n) is 11.7. The van der Waals surface area contributed by atoms with Gasteiger partial charge in [-0.25, -0.2) is 9.97 Å². The monoisotopic (exact) mass is 862 g/mol. The van der Waals surface area contributed by atoms with Crippen molar-refractivity contribution >= 4 is 54.9 Å². The highest BCUT2D eigenvalue weighted by atomic mass is 32.1. The molecule has 0 unspecified atom stereocenters. The van der Waals surface area contributed by atoms with Gasteiger partial charge in [-0.05, 0) is 83.8 Å². The van der Waals surface area contributed by atoms with Crippen molar-refractivity contribution in [2.24, 2.45) is 0 Å². The van der Waals surface area contributed by atoms with Crippen LogP contribution >= 0.6 is 22.7 Å². The van der Waals surface area contributed by atoms with E-state index in [4.69, 9.17) is 19.4 Å². The Hall–Kier alpha value is -7.04. The second-order valence-electron chi connectivity index (χ2n) is 15.2. The molecule has 8 heterocycles. The molecule has 0 atom stereocenters. The Morgan fingerprint density at radius 2 is 1.13 bits per heavy atom. The molecule has 16 heteroatoms. The minimum Gasteiger partial charge on any atom is -0.493 e. The minimum absolute atomic E-state index is 0.159. The van der Waals surface area contributed by atoms with Crippen LogP contribution in [0, 0.1) is 0 Å². The molecule has 0 saturated heterocycles. The van der Waals surface area contributed by atoms with Crippen LogP contribution in [0.15, 0.2) is 93.4 Å². The molecule has 6 aromatic heterocycles. The van der Waals surface area contributed by atoms with E-state index in [2.05, 4.69) is 38.1 Å². The molecule has 310 valence electrons. The predicted molar refractivity (Wildman–Crippen MR) is 239 cm³/mol. The van der Waals surface area contributed by atoms with E-state index in [-0.39, 0.29) is 28.8 Å². The second kappa shape index (κ2) is 16.1. The van der Waals surface area contributed by atoms with E-state index in [1.807, 2.05) is 40.1 Å². The smallest absolute Gasteiger partial charge is 0.269 e. The summed E-state index contributed by atoms with van der Waals surface area (Å²) in [6.07, 6.45) is 6.03. The van der Waals surface area contributed by atoms with Crippen molar-refractivity contribution in [2.75, 3.05) is 40.4 Å². The number of pyridine rings is 2. The number of nitrogens with one attached hydrogen (secondary N) is 2. The number of methoxy groups -OCH3 is 2. The molecule has 0 aliphatic carbocycles. The molecule has 2 aliphatic rings. The molecule has 2 N–H and O–H groups in total. The van der Waals surface area contributed by atoms with E-state index in [1.54, 1.807) is 49.5 Å². The van der Waals surface area contributed by atoms with Crippen molar-refractivity contribution in [3.05, 3.63) is 138 Å². The van der Waals surface area contributed by atoms with Crippen molar-refractivity contribution in [1.29, 1.82) is 0 Å². The quantitative estimate of drug-likeness (QED) is 0.178. The number of hydrogen-bond donors (Lipinski definition) is 2. The number of ether oxygens (including phenoxy) is 2. The summed E-state index contributed by atoms with van der Waals surface area (Å²) in [5, 5.41) is 3.44. The van der Waals surface area contributed by atoms with Crippen LogP contribution in [-0.4, -0.2) is 91.9 Å². The number of thiophene rings is 2. The number of carbonyl (C=O) groups is 2. The average molecular weight is 863 g/mol. The van der Waals surface area contributed by atoms with E-state index in [1.165, 1.54) is 22.7 Å². The predicted octanol–water partition coefficient (Wildman–Crippen LogP) is 6.57. The maximum absolute atomic E-state index is 14.0. The topological polar surface area (TPSA) is 176 Å². The van der Waals surface area contributed by atoms with Crippen molar-refractivity contribution in [2.45, 2.75) is 25.7 Å². The molecule has 0 bridgehead atoms. The lowest BCUT2D eigenvalue weighted by Crippen LogP contribution is -2.33. The normalized spacial score (nSPS) is 14.0. The molecule has 10 rings (SSSR count). The van der Waals surface area contributed by atoms with E-state index >= 15 is 0 Å². The van der Waals surface area contributed by atoms with Crippen LogP contribution in [0.1, 0.15) is 43.0 Å². The molecule has 2 aromatic carbocycles. The van der Waals surface area contributed by atoms with Crippen molar-refractivity contribution in [1.82, 2.24) is 39.7 Å². The lowest BCUT2D eigenvalue weighted by Gasteiger charge is -2.19. The fourth-order valence-electron chi connectivity index (χ4n) is 8.31. The Balaban J connectivity index is 0.849. The number of aromatic amines is 2. The van der Waals surface area contributed by atoms with Crippen molar-refractivity contribution < 1.29 is 19.1 Å². The Bertz CT molecular complexity index is 3140. The largest absolute Gasteiger partial charge is 0.493 e. The zero-order chi connectivity index (χ0) is 42.5. The van der Waals surface area contributed by atoms with Crippen LogP contribution in [0.4, 0.5) is 0 Å². The van der Waals surface area contributed by atoms with Gasteiger partial charge >= 0.3 is 0 Å². The molecule has 2 aliphatic heterocycles. The van der Waals surface area contributed by atoms with Gasteiger partial charge < -0.3 is 29.2 Å². The van der Waals surface area contributed by atoms with Crippen LogP contribution < -0.4 is 20.6 Å². The van der Waals surface area contributed by atoms with E-state index in [0.717, 1.165) is 33.4 Å². The third-order valence-corrected chi connectivity index (χ3v) is 13.6. The maximum atomic E-state index is 14.0. The number of aromatic nitrogens is 6. The summed E-state index contributed by atoms with van der Waals surface area (Å²) in [7, 11) is 3.22.